The highest BCUT2D eigenvalue weighted by atomic mass is 32.2. The van der Waals surface area contributed by atoms with Crippen LogP contribution in [-0.4, -0.2) is 9.19 Å². The Kier molecular flexibility index (Phi) is 4.74. The van der Waals surface area contributed by atoms with Crippen LogP contribution in [0.15, 0.2) is 47.5 Å². The Bertz CT molecular complexity index is 659. The zero-order valence-electron chi connectivity index (χ0n) is 10.9. The van der Waals surface area contributed by atoms with Crippen LogP contribution in [0.2, 0.25) is 0 Å². The van der Waals surface area contributed by atoms with Crippen LogP contribution in [0.4, 0.5) is 13.2 Å². The van der Waals surface area contributed by atoms with Crippen molar-refractivity contribution in [2.24, 2.45) is 5.73 Å². The van der Waals surface area contributed by atoms with Crippen LogP contribution in [0.5, 0.6) is 0 Å². The topological polar surface area (TPSA) is 56.0 Å². The Hall–Kier alpha value is -1.73. The number of halogens is 3. The van der Waals surface area contributed by atoms with Gasteiger partial charge in [0.1, 0.15) is 0 Å². The molecule has 21 heavy (non-hydrogen) atoms. The maximum absolute atomic E-state index is 12.7. The van der Waals surface area contributed by atoms with Crippen molar-refractivity contribution in [3.05, 3.63) is 59.4 Å². The van der Waals surface area contributed by atoms with Gasteiger partial charge in [0.15, 0.2) is 0 Å². The summed E-state index contributed by atoms with van der Waals surface area (Å²) in [4.78, 5) is 4.20. The molecular formula is C14H13F3N2OS. The first-order valence-electron chi connectivity index (χ1n) is 6.10. The number of nitrogens with two attached hydrogens (primary N) is 1. The molecule has 0 aliphatic rings. The highest BCUT2D eigenvalue weighted by molar-refractivity contribution is 7.84. The number of aromatic nitrogens is 1. The third kappa shape index (κ3) is 3.89. The molecule has 0 fully saturated rings. The van der Waals surface area contributed by atoms with Crippen LogP contribution < -0.4 is 5.73 Å². The van der Waals surface area contributed by atoms with Gasteiger partial charge in [0, 0.05) is 17.6 Å². The molecule has 0 aliphatic heterocycles. The van der Waals surface area contributed by atoms with Crippen LogP contribution in [0.1, 0.15) is 16.8 Å². The summed E-state index contributed by atoms with van der Waals surface area (Å²) in [6, 6.07) is 7.94. The predicted molar refractivity (Wildman–Crippen MR) is 73.7 cm³/mol. The van der Waals surface area contributed by atoms with E-state index in [1.807, 2.05) is 0 Å². The average molecular weight is 314 g/mol. The van der Waals surface area contributed by atoms with Gasteiger partial charge in [-0.05, 0) is 29.8 Å². The van der Waals surface area contributed by atoms with Gasteiger partial charge in [-0.15, -0.1) is 0 Å². The van der Waals surface area contributed by atoms with E-state index >= 15 is 0 Å². The number of alkyl halides is 3. The molecule has 0 spiro atoms. The minimum atomic E-state index is -4.45. The minimum absolute atomic E-state index is 0.0850. The summed E-state index contributed by atoms with van der Waals surface area (Å²) in [5.41, 5.74) is 6.00. The zero-order chi connectivity index (χ0) is 15.5. The van der Waals surface area contributed by atoms with Gasteiger partial charge in [0.2, 0.25) is 0 Å². The van der Waals surface area contributed by atoms with Crippen molar-refractivity contribution < 1.29 is 17.4 Å². The molecule has 3 nitrogen and oxygen atoms in total. The molecule has 0 radical (unpaired) electrons. The molecule has 1 heterocycles. The normalized spacial score (nSPS) is 13.1. The molecule has 1 unspecified atom stereocenters. The summed E-state index contributed by atoms with van der Waals surface area (Å²) >= 11 is 0. The third-order valence-corrected chi connectivity index (χ3v) is 4.24. The maximum atomic E-state index is 12.7. The standard InChI is InChI=1S/C14H13F3N2OS/c15-14(16,17)11-4-1-5-12(7-11)21(20)9-10-3-2-6-19-13(10)8-18/h1-7H,8-9,18H2. The largest absolute Gasteiger partial charge is 0.416 e. The Balaban J connectivity index is 2.25. The predicted octanol–water partition coefficient (Wildman–Crippen LogP) is 2.87. The Morgan fingerprint density at radius 3 is 2.62 bits per heavy atom. The molecule has 2 rings (SSSR count). The van der Waals surface area contributed by atoms with E-state index in [1.165, 1.54) is 12.1 Å². The van der Waals surface area contributed by atoms with Crippen molar-refractivity contribution in [2.75, 3.05) is 0 Å². The molecule has 0 aliphatic carbocycles. The van der Waals surface area contributed by atoms with Crippen LogP contribution in [0.25, 0.3) is 0 Å². The minimum Gasteiger partial charge on any atom is -0.325 e. The van der Waals surface area contributed by atoms with Crippen molar-refractivity contribution in [1.82, 2.24) is 4.98 Å². The van der Waals surface area contributed by atoms with Crippen molar-refractivity contribution in [1.29, 1.82) is 0 Å². The summed E-state index contributed by atoms with van der Waals surface area (Å²) in [6.07, 6.45) is -2.88. The third-order valence-electron chi connectivity index (χ3n) is 2.89. The van der Waals surface area contributed by atoms with Crippen molar-refractivity contribution in [2.45, 2.75) is 23.4 Å². The molecule has 0 saturated heterocycles. The van der Waals surface area contributed by atoms with Gasteiger partial charge in [0.25, 0.3) is 0 Å². The fraction of sp³-hybridized carbons (Fsp3) is 0.214. The van der Waals surface area contributed by atoms with Gasteiger partial charge in [-0.2, -0.15) is 13.2 Å². The summed E-state index contributed by atoms with van der Waals surface area (Å²) in [6.45, 7) is 0.190. The van der Waals surface area contributed by atoms with E-state index in [4.69, 9.17) is 5.73 Å². The molecule has 0 bridgehead atoms. The lowest BCUT2D eigenvalue weighted by atomic mass is 10.2. The quantitative estimate of drug-likeness (QED) is 0.944. The van der Waals surface area contributed by atoms with Crippen molar-refractivity contribution in [3.63, 3.8) is 0 Å². The average Bonchev–Trinajstić information content (AvgIpc) is 2.47. The first kappa shape index (κ1) is 15.7. The van der Waals surface area contributed by atoms with E-state index in [-0.39, 0.29) is 17.2 Å². The summed E-state index contributed by atoms with van der Waals surface area (Å²) in [5, 5.41) is 0. The number of pyridine rings is 1. The lowest BCUT2D eigenvalue weighted by molar-refractivity contribution is -0.137. The number of nitrogens with zero attached hydrogens (tertiary/aromatic N) is 1. The van der Waals surface area contributed by atoms with Crippen LogP contribution in [0, 0.1) is 0 Å². The molecular weight excluding hydrogens is 301 g/mol. The molecule has 1 atom stereocenters. The first-order valence-corrected chi connectivity index (χ1v) is 7.42. The molecule has 7 heteroatoms. The molecule has 2 aromatic rings. The summed E-state index contributed by atoms with van der Waals surface area (Å²) in [5.74, 6) is 0.0850. The second kappa shape index (κ2) is 6.36. The van der Waals surface area contributed by atoms with Crippen LogP contribution >= 0.6 is 0 Å². The number of rotatable bonds is 4. The lowest BCUT2D eigenvalue weighted by Crippen LogP contribution is -2.08. The van der Waals surface area contributed by atoms with Gasteiger partial charge in [-0.25, -0.2) is 0 Å². The van der Waals surface area contributed by atoms with E-state index in [9.17, 15) is 17.4 Å². The van der Waals surface area contributed by atoms with E-state index in [0.717, 1.165) is 12.1 Å². The van der Waals surface area contributed by atoms with Crippen molar-refractivity contribution in [3.8, 4) is 0 Å². The highest BCUT2D eigenvalue weighted by Crippen LogP contribution is 2.30. The van der Waals surface area contributed by atoms with Gasteiger partial charge in [-0.3, -0.25) is 9.19 Å². The molecule has 112 valence electrons. The first-order chi connectivity index (χ1) is 9.91. The number of hydrogen-bond donors (Lipinski definition) is 1. The second-order valence-electron chi connectivity index (χ2n) is 4.33. The molecule has 1 aromatic heterocycles. The Morgan fingerprint density at radius 2 is 1.95 bits per heavy atom. The fourth-order valence-corrected chi connectivity index (χ4v) is 3.03. The van der Waals surface area contributed by atoms with Gasteiger partial charge in [-0.1, -0.05) is 12.1 Å². The highest BCUT2D eigenvalue weighted by Gasteiger charge is 2.30. The van der Waals surface area contributed by atoms with E-state index in [1.54, 1.807) is 18.3 Å². The molecule has 0 amide bonds. The number of benzene rings is 1. The smallest absolute Gasteiger partial charge is 0.325 e. The van der Waals surface area contributed by atoms with Gasteiger partial charge < -0.3 is 5.73 Å². The van der Waals surface area contributed by atoms with Gasteiger partial charge >= 0.3 is 6.18 Å². The molecule has 1 aromatic carbocycles. The summed E-state index contributed by atoms with van der Waals surface area (Å²) in [7, 11) is -1.59. The summed E-state index contributed by atoms with van der Waals surface area (Å²) < 4.78 is 50.2. The zero-order valence-corrected chi connectivity index (χ0v) is 11.7. The van der Waals surface area contributed by atoms with Crippen LogP contribution in [-0.2, 0) is 29.3 Å². The van der Waals surface area contributed by atoms with E-state index in [2.05, 4.69) is 4.98 Å². The Morgan fingerprint density at radius 1 is 1.19 bits per heavy atom. The van der Waals surface area contributed by atoms with E-state index in [0.29, 0.717) is 11.3 Å². The maximum Gasteiger partial charge on any atom is 0.416 e. The van der Waals surface area contributed by atoms with Crippen molar-refractivity contribution >= 4 is 10.8 Å². The molecule has 0 saturated carbocycles. The fourth-order valence-electron chi connectivity index (χ4n) is 1.83. The Labute approximate surface area is 122 Å². The SMILES string of the molecule is NCc1ncccc1CS(=O)c1cccc(C(F)(F)F)c1. The van der Waals surface area contributed by atoms with E-state index < -0.39 is 22.5 Å². The molecule has 2 N–H and O–H groups in total. The number of hydrogen-bond acceptors (Lipinski definition) is 3. The second-order valence-corrected chi connectivity index (χ2v) is 5.78. The lowest BCUT2D eigenvalue weighted by Gasteiger charge is -2.10. The van der Waals surface area contributed by atoms with Gasteiger partial charge in [0.05, 0.1) is 27.8 Å². The van der Waals surface area contributed by atoms with Crippen LogP contribution in [0.3, 0.4) is 0 Å². The monoisotopic (exact) mass is 314 g/mol.